The van der Waals surface area contributed by atoms with E-state index in [0.717, 1.165) is 32.4 Å². The largest absolute Gasteiger partial charge is 0.378 e. The lowest BCUT2D eigenvalue weighted by Crippen LogP contribution is -2.46. The van der Waals surface area contributed by atoms with E-state index in [4.69, 9.17) is 0 Å². The molecule has 1 aromatic carbocycles. The molecule has 1 aliphatic rings. The molecule has 1 atom stereocenters. The zero-order valence-electron chi connectivity index (χ0n) is 14.6. The van der Waals surface area contributed by atoms with Crippen LogP contribution in [0.3, 0.4) is 0 Å². The topological polar surface area (TPSA) is 65.5 Å². The number of rotatable bonds is 5. The summed E-state index contributed by atoms with van der Waals surface area (Å²) in [6.45, 7) is 3.99. The number of anilines is 1. The monoisotopic (exact) mass is 339 g/mol. The molecule has 132 valence electrons. The van der Waals surface area contributed by atoms with Crippen LogP contribution >= 0.6 is 0 Å². The van der Waals surface area contributed by atoms with Gasteiger partial charge in [0.2, 0.25) is 0 Å². The number of nitrogens with zero attached hydrogens (tertiary/aromatic N) is 2. The Morgan fingerprint density at radius 2 is 2.04 bits per heavy atom. The van der Waals surface area contributed by atoms with Crippen LogP contribution in [0.4, 0.5) is 5.69 Å². The number of nitrogens with one attached hydrogen (secondary N) is 1. The van der Waals surface area contributed by atoms with E-state index in [9.17, 15) is 9.90 Å². The van der Waals surface area contributed by atoms with E-state index in [1.165, 1.54) is 17.4 Å². The van der Waals surface area contributed by atoms with Crippen molar-refractivity contribution >= 4 is 11.6 Å². The summed E-state index contributed by atoms with van der Waals surface area (Å²) in [6, 6.07) is 12.0. The van der Waals surface area contributed by atoms with Gasteiger partial charge in [0, 0.05) is 42.8 Å². The highest BCUT2D eigenvalue weighted by Crippen LogP contribution is 2.25. The van der Waals surface area contributed by atoms with E-state index in [0.29, 0.717) is 5.56 Å². The highest BCUT2D eigenvalue weighted by Gasteiger charge is 2.25. The SMILES string of the molecule is CCc1ccccc1N1CCC(NC(=O)C(O)c2cccnc2)CC1. The van der Waals surface area contributed by atoms with Crippen LogP contribution in [0.5, 0.6) is 0 Å². The Bertz CT molecular complexity index is 697. The summed E-state index contributed by atoms with van der Waals surface area (Å²) in [5.74, 6) is -0.347. The molecule has 0 saturated carbocycles. The van der Waals surface area contributed by atoms with E-state index in [1.807, 2.05) is 0 Å². The smallest absolute Gasteiger partial charge is 0.253 e. The first-order valence-electron chi connectivity index (χ1n) is 8.90. The van der Waals surface area contributed by atoms with Gasteiger partial charge in [-0.25, -0.2) is 0 Å². The minimum atomic E-state index is -1.16. The van der Waals surface area contributed by atoms with Gasteiger partial charge in [-0.05, 0) is 37.0 Å². The van der Waals surface area contributed by atoms with E-state index in [2.05, 4.69) is 46.4 Å². The third-order valence-corrected chi connectivity index (χ3v) is 4.80. The quantitative estimate of drug-likeness (QED) is 0.878. The average molecular weight is 339 g/mol. The highest BCUT2D eigenvalue weighted by molar-refractivity contribution is 5.82. The number of hydrogen-bond donors (Lipinski definition) is 2. The predicted molar refractivity (Wildman–Crippen MR) is 98.4 cm³/mol. The minimum Gasteiger partial charge on any atom is -0.378 e. The molecule has 3 rings (SSSR count). The van der Waals surface area contributed by atoms with Crippen LogP contribution in [-0.2, 0) is 11.2 Å². The molecule has 1 fully saturated rings. The maximum Gasteiger partial charge on any atom is 0.253 e. The van der Waals surface area contributed by atoms with E-state index in [-0.39, 0.29) is 11.9 Å². The molecule has 5 heteroatoms. The second-order valence-electron chi connectivity index (χ2n) is 6.44. The zero-order valence-corrected chi connectivity index (χ0v) is 14.6. The molecule has 1 saturated heterocycles. The van der Waals surface area contributed by atoms with Crippen molar-refractivity contribution in [1.29, 1.82) is 0 Å². The van der Waals surface area contributed by atoms with Gasteiger partial charge in [-0.2, -0.15) is 0 Å². The number of carbonyl (C=O) groups is 1. The highest BCUT2D eigenvalue weighted by atomic mass is 16.3. The molecule has 25 heavy (non-hydrogen) atoms. The summed E-state index contributed by atoms with van der Waals surface area (Å²) >= 11 is 0. The first kappa shape index (κ1) is 17.4. The van der Waals surface area contributed by atoms with Gasteiger partial charge in [0.1, 0.15) is 0 Å². The number of para-hydroxylation sites is 1. The molecule has 2 aromatic rings. The number of benzene rings is 1. The molecule has 0 bridgehead atoms. The molecule has 0 radical (unpaired) electrons. The number of pyridine rings is 1. The van der Waals surface area contributed by atoms with Crippen molar-refractivity contribution in [2.24, 2.45) is 0 Å². The van der Waals surface area contributed by atoms with Crippen molar-refractivity contribution in [3.8, 4) is 0 Å². The van der Waals surface area contributed by atoms with Crippen LogP contribution in [0.1, 0.15) is 37.0 Å². The van der Waals surface area contributed by atoms with Crippen LogP contribution in [0.25, 0.3) is 0 Å². The van der Waals surface area contributed by atoms with E-state index in [1.54, 1.807) is 18.3 Å². The number of hydrogen-bond acceptors (Lipinski definition) is 4. The Labute approximate surface area is 148 Å². The molecule has 2 heterocycles. The standard InChI is InChI=1S/C20H25N3O2/c1-2-15-6-3-4-8-18(15)23-12-9-17(10-13-23)22-20(25)19(24)16-7-5-11-21-14-16/h3-8,11,14,17,19,24H,2,9-10,12-13H2,1H3,(H,22,25). The molecule has 0 spiro atoms. The first-order chi connectivity index (χ1) is 12.2. The fourth-order valence-corrected chi connectivity index (χ4v) is 3.35. The molecule has 1 aromatic heterocycles. The van der Waals surface area contributed by atoms with Crippen molar-refractivity contribution < 1.29 is 9.90 Å². The van der Waals surface area contributed by atoms with Crippen LogP contribution < -0.4 is 10.2 Å². The fourth-order valence-electron chi connectivity index (χ4n) is 3.35. The third kappa shape index (κ3) is 4.17. The number of aliphatic hydroxyl groups excluding tert-OH is 1. The second kappa shape index (κ2) is 8.12. The molecule has 2 N–H and O–H groups in total. The maximum absolute atomic E-state index is 12.3. The molecule has 5 nitrogen and oxygen atoms in total. The lowest BCUT2D eigenvalue weighted by atomic mass is 10.0. The zero-order chi connectivity index (χ0) is 17.6. The fraction of sp³-hybridized carbons (Fsp3) is 0.400. The summed E-state index contributed by atoms with van der Waals surface area (Å²) in [5.41, 5.74) is 3.18. The van der Waals surface area contributed by atoms with Gasteiger partial charge >= 0.3 is 0 Å². The molecule has 1 aliphatic heterocycles. The van der Waals surface area contributed by atoms with Gasteiger partial charge in [-0.15, -0.1) is 0 Å². The van der Waals surface area contributed by atoms with Crippen molar-refractivity contribution in [2.75, 3.05) is 18.0 Å². The molecular weight excluding hydrogens is 314 g/mol. The summed E-state index contributed by atoms with van der Waals surface area (Å²) < 4.78 is 0. The van der Waals surface area contributed by atoms with Gasteiger partial charge < -0.3 is 15.3 Å². The van der Waals surface area contributed by atoms with Crippen LogP contribution in [0.2, 0.25) is 0 Å². The van der Waals surface area contributed by atoms with E-state index >= 15 is 0 Å². The Morgan fingerprint density at radius 3 is 2.72 bits per heavy atom. The number of amides is 1. The van der Waals surface area contributed by atoms with Gasteiger partial charge in [-0.1, -0.05) is 31.2 Å². The number of aliphatic hydroxyl groups is 1. The van der Waals surface area contributed by atoms with Crippen molar-refractivity contribution in [1.82, 2.24) is 10.3 Å². The Hall–Kier alpha value is -2.40. The summed E-state index contributed by atoms with van der Waals surface area (Å²) in [5, 5.41) is 13.1. The molecule has 1 amide bonds. The van der Waals surface area contributed by atoms with Gasteiger partial charge in [0.15, 0.2) is 6.10 Å². The Balaban J connectivity index is 1.55. The second-order valence-corrected chi connectivity index (χ2v) is 6.44. The Kier molecular flexibility index (Phi) is 5.66. The molecule has 1 unspecified atom stereocenters. The van der Waals surface area contributed by atoms with Crippen LogP contribution in [0.15, 0.2) is 48.8 Å². The van der Waals surface area contributed by atoms with Crippen molar-refractivity contribution in [2.45, 2.75) is 38.3 Å². The Morgan fingerprint density at radius 1 is 1.28 bits per heavy atom. The van der Waals surface area contributed by atoms with Gasteiger partial charge in [0.05, 0.1) is 0 Å². The third-order valence-electron chi connectivity index (χ3n) is 4.80. The van der Waals surface area contributed by atoms with Gasteiger partial charge in [0.25, 0.3) is 5.91 Å². The molecule has 0 aliphatic carbocycles. The molecular formula is C20H25N3O2. The normalized spacial score (nSPS) is 16.5. The summed E-state index contributed by atoms with van der Waals surface area (Å²) in [4.78, 5) is 18.6. The number of aryl methyl sites for hydroxylation is 1. The van der Waals surface area contributed by atoms with Crippen LogP contribution in [-0.4, -0.2) is 35.1 Å². The predicted octanol–water partition coefficient (Wildman–Crippen LogP) is 2.46. The summed E-state index contributed by atoms with van der Waals surface area (Å²) in [7, 11) is 0. The van der Waals surface area contributed by atoms with Gasteiger partial charge in [-0.3, -0.25) is 9.78 Å². The number of carbonyl (C=O) groups excluding carboxylic acids is 1. The number of piperidine rings is 1. The first-order valence-corrected chi connectivity index (χ1v) is 8.90. The lowest BCUT2D eigenvalue weighted by Gasteiger charge is -2.35. The van der Waals surface area contributed by atoms with E-state index < -0.39 is 6.10 Å². The maximum atomic E-state index is 12.3. The van der Waals surface area contributed by atoms with Crippen molar-refractivity contribution in [3.63, 3.8) is 0 Å². The summed E-state index contributed by atoms with van der Waals surface area (Å²) in [6.07, 6.45) is 4.76. The lowest BCUT2D eigenvalue weighted by molar-refractivity contribution is -0.130. The van der Waals surface area contributed by atoms with Crippen LogP contribution in [0, 0.1) is 0 Å². The number of aromatic nitrogens is 1. The minimum absolute atomic E-state index is 0.101. The average Bonchev–Trinajstić information content (AvgIpc) is 2.68. The van der Waals surface area contributed by atoms with Crippen molar-refractivity contribution in [3.05, 3.63) is 59.9 Å².